The molecular formula is C9H8I2O. The van der Waals surface area contributed by atoms with Crippen LogP contribution in [0.2, 0.25) is 0 Å². The molecule has 0 N–H and O–H groups in total. The molecule has 0 fully saturated rings. The fraction of sp³-hybridized carbons (Fsp3) is 0.111. The van der Waals surface area contributed by atoms with Crippen LogP contribution in [0.3, 0.4) is 0 Å². The number of halogens is 2. The van der Waals surface area contributed by atoms with Gasteiger partial charge in [0.05, 0.1) is 7.11 Å². The molecule has 1 aromatic carbocycles. The number of methoxy groups -OCH3 is 1. The number of hydrogen-bond donors (Lipinski definition) is 0. The molecule has 0 aliphatic rings. The lowest BCUT2D eigenvalue weighted by Crippen LogP contribution is -1.86. The summed E-state index contributed by atoms with van der Waals surface area (Å²) >= 11 is 4.48. The normalized spacial score (nSPS) is 10.6. The van der Waals surface area contributed by atoms with Crippen LogP contribution in [0.4, 0.5) is 0 Å². The first-order valence-electron chi connectivity index (χ1n) is 3.38. The van der Waals surface area contributed by atoms with Crippen LogP contribution in [0.15, 0.2) is 22.3 Å². The summed E-state index contributed by atoms with van der Waals surface area (Å²) in [5.41, 5.74) is 1.12. The Kier molecular flexibility index (Phi) is 4.34. The second-order valence-electron chi connectivity index (χ2n) is 2.18. The van der Waals surface area contributed by atoms with Crippen molar-refractivity contribution in [3.63, 3.8) is 0 Å². The maximum absolute atomic E-state index is 5.19. The van der Waals surface area contributed by atoms with E-state index < -0.39 is 0 Å². The minimum absolute atomic E-state index is 0.920. The molecule has 0 aromatic heterocycles. The maximum Gasteiger partial charge on any atom is 0.126 e. The summed E-state index contributed by atoms with van der Waals surface area (Å²) in [7, 11) is 1.69. The Morgan fingerprint density at radius 1 is 1.42 bits per heavy atom. The lowest BCUT2D eigenvalue weighted by molar-refractivity contribution is 0.414. The molecule has 64 valence electrons. The average molecular weight is 386 g/mol. The van der Waals surface area contributed by atoms with Crippen LogP contribution in [0.1, 0.15) is 5.56 Å². The highest BCUT2D eigenvalue weighted by Gasteiger charge is 1.98. The molecule has 0 heterocycles. The van der Waals surface area contributed by atoms with Gasteiger partial charge >= 0.3 is 0 Å². The second-order valence-corrected chi connectivity index (χ2v) is 4.14. The van der Waals surface area contributed by atoms with E-state index in [-0.39, 0.29) is 0 Å². The van der Waals surface area contributed by atoms with Crippen molar-refractivity contribution in [2.75, 3.05) is 7.11 Å². The van der Waals surface area contributed by atoms with Crippen molar-refractivity contribution in [1.82, 2.24) is 0 Å². The third-order valence-electron chi connectivity index (χ3n) is 1.43. The third kappa shape index (κ3) is 2.62. The number of rotatable bonds is 2. The summed E-state index contributed by atoms with van der Waals surface area (Å²) < 4.78 is 8.39. The molecule has 0 aliphatic heterocycles. The van der Waals surface area contributed by atoms with E-state index in [1.807, 2.05) is 22.3 Å². The van der Waals surface area contributed by atoms with E-state index in [0.29, 0.717) is 0 Å². The van der Waals surface area contributed by atoms with Gasteiger partial charge in [0.25, 0.3) is 0 Å². The van der Waals surface area contributed by atoms with Gasteiger partial charge in [0.2, 0.25) is 0 Å². The molecule has 0 radical (unpaired) electrons. The van der Waals surface area contributed by atoms with Crippen molar-refractivity contribution in [3.05, 3.63) is 31.4 Å². The summed E-state index contributed by atoms with van der Waals surface area (Å²) in [5, 5.41) is 0. The molecule has 0 aliphatic carbocycles. The molecule has 0 unspecified atom stereocenters. The van der Waals surface area contributed by atoms with E-state index in [0.717, 1.165) is 11.3 Å². The fourth-order valence-corrected chi connectivity index (χ4v) is 1.81. The molecule has 1 nitrogen and oxygen atoms in total. The lowest BCUT2D eigenvalue weighted by atomic mass is 10.2. The largest absolute Gasteiger partial charge is 0.496 e. The topological polar surface area (TPSA) is 9.23 Å². The van der Waals surface area contributed by atoms with Gasteiger partial charge in [-0.2, -0.15) is 0 Å². The first-order chi connectivity index (χ1) is 5.77. The second kappa shape index (κ2) is 5.06. The van der Waals surface area contributed by atoms with E-state index in [1.165, 1.54) is 3.57 Å². The van der Waals surface area contributed by atoms with Gasteiger partial charge < -0.3 is 4.74 Å². The van der Waals surface area contributed by atoms with E-state index in [2.05, 4.69) is 51.2 Å². The summed E-state index contributed by atoms with van der Waals surface area (Å²) in [5.74, 6) is 0.920. The Morgan fingerprint density at radius 2 is 2.17 bits per heavy atom. The molecule has 0 amide bonds. The SMILES string of the molecule is COc1ccc(I)cc1/C=C\I. The number of ether oxygens (including phenoxy) is 1. The van der Waals surface area contributed by atoms with Gasteiger partial charge in [-0.25, -0.2) is 0 Å². The Hall–Kier alpha value is 0.220. The fourth-order valence-electron chi connectivity index (χ4n) is 0.903. The molecule has 1 aromatic rings. The van der Waals surface area contributed by atoms with Gasteiger partial charge in [-0.05, 0) is 50.9 Å². The Morgan fingerprint density at radius 3 is 2.75 bits per heavy atom. The van der Waals surface area contributed by atoms with Crippen LogP contribution < -0.4 is 4.74 Å². The predicted molar refractivity (Wildman–Crippen MR) is 68.8 cm³/mol. The Balaban J connectivity index is 3.12. The Bertz CT molecular complexity index is 295. The van der Waals surface area contributed by atoms with Gasteiger partial charge in [-0.15, -0.1) is 0 Å². The van der Waals surface area contributed by atoms with Crippen LogP contribution in [-0.4, -0.2) is 7.11 Å². The van der Waals surface area contributed by atoms with Crippen molar-refractivity contribution >= 4 is 51.3 Å². The van der Waals surface area contributed by atoms with E-state index in [4.69, 9.17) is 4.74 Å². The molecule has 0 atom stereocenters. The van der Waals surface area contributed by atoms with Gasteiger partial charge in [0.15, 0.2) is 0 Å². The highest BCUT2D eigenvalue weighted by Crippen LogP contribution is 2.22. The predicted octanol–water partition coefficient (Wildman–Crippen LogP) is 3.71. The van der Waals surface area contributed by atoms with Gasteiger partial charge in [-0.3, -0.25) is 0 Å². The summed E-state index contributed by atoms with van der Waals surface area (Å²) in [6.45, 7) is 0. The van der Waals surface area contributed by atoms with Crippen molar-refractivity contribution in [2.45, 2.75) is 0 Å². The molecule has 0 saturated carbocycles. The van der Waals surface area contributed by atoms with Crippen LogP contribution in [-0.2, 0) is 0 Å². The highest BCUT2D eigenvalue weighted by atomic mass is 127. The van der Waals surface area contributed by atoms with Crippen molar-refractivity contribution in [2.24, 2.45) is 0 Å². The number of hydrogen-bond acceptors (Lipinski definition) is 1. The molecule has 0 saturated heterocycles. The number of benzene rings is 1. The smallest absolute Gasteiger partial charge is 0.126 e. The minimum atomic E-state index is 0.920. The van der Waals surface area contributed by atoms with E-state index >= 15 is 0 Å². The standard InChI is InChI=1S/C9H8I2O/c1-12-9-3-2-8(11)6-7(9)4-5-10/h2-6H,1H3/b5-4-. The van der Waals surface area contributed by atoms with Crippen molar-refractivity contribution in [1.29, 1.82) is 0 Å². The zero-order chi connectivity index (χ0) is 8.97. The quantitative estimate of drug-likeness (QED) is 0.705. The average Bonchev–Trinajstić information content (AvgIpc) is 2.05. The Labute approximate surface area is 99.5 Å². The van der Waals surface area contributed by atoms with Crippen LogP contribution in [0.5, 0.6) is 5.75 Å². The first kappa shape index (κ1) is 10.3. The maximum atomic E-state index is 5.19. The highest BCUT2D eigenvalue weighted by molar-refractivity contribution is 14.1. The monoisotopic (exact) mass is 386 g/mol. The first-order valence-corrected chi connectivity index (χ1v) is 5.70. The summed E-state index contributed by atoms with van der Waals surface area (Å²) in [4.78, 5) is 0. The van der Waals surface area contributed by atoms with E-state index in [9.17, 15) is 0 Å². The van der Waals surface area contributed by atoms with Gasteiger partial charge in [0, 0.05) is 9.13 Å². The zero-order valence-corrected chi connectivity index (χ0v) is 10.9. The van der Waals surface area contributed by atoms with Crippen LogP contribution in [0.25, 0.3) is 6.08 Å². The third-order valence-corrected chi connectivity index (χ3v) is 2.46. The van der Waals surface area contributed by atoms with Gasteiger partial charge in [0.1, 0.15) is 5.75 Å². The minimum Gasteiger partial charge on any atom is -0.496 e. The summed E-state index contributed by atoms with van der Waals surface area (Å²) in [6.07, 6.45) is 2.03. The molecule has 12 heavy (non-hydrogen) atoms. The molecule has 0 bridgehead atoms. The molecular weight excluding hydrogens is 378 g/mol. The van der Waals surface area contributed by atoms with Crippen molar-refractivity contribution in [3.8, 4) is 5.75 Å². The zero-order valence-electron chi connectivity index (χ0n) is 6.55. The summed E-state index contributed by atoms with van der Waals surface area (Å²) in [6, 6.07) is 6.10. The molecule has 0 spiro atoms. The molecule has 3 heteroatoms. The van der Waals surface area contributed by atoms with E-state index in [1.54, 1.807) is 7.11 Å². The van der Waals surface area contributed by atoms with Crippen LogP contribution >= 0.6 is 45.2 Å². The van der Waals surface area contributed by atoms with Crippen LogP contribution in [0, 0.1) is 3.57 Å². The lowest BCUT2D eigenvalue weighted by Gasteiger charge is -2.03. The van der Waals surface area contributed by atoms with Crippen molar-refractivity contribution < 1.29 is 4.74 Å². The molecule has 1 rings (SSSR count). The van der Waals surface area contributed by atoms with Gasteiger partial charge in [-0.1, -0.05) is 22.6 Å².